The Morgan fingerprint density at radius 2 is 2.10 bits per heavy atom. The molecule has 5 heteroatoms. The van der Waals surface area contributed by atoms with E-state index in [0.29, 0.717) is 18.4 Å². The molecule has 2 aliphatic heterocycles. The first-order valence-corrected chi connectivity index (χ1v) is 6.94. The average Bonchev–Trinajstić information content (AvgIpc) is 2.55. The third-order valence-electron chi connectivity index (χ3n) is 4.88. The van der Waals surface area contributed by atoms with Gasteiger partial charge in [0.15, 0.2) is 0 Å². The summed E-state index contributed by atoms with van der Waals surface area (Å²) < 4.78 is 38.4. The lowest BCUT2D eigenvalue weighted by atomic mass is 9.89. The lowest BCUT2D eigenvalue weighted by Gasteiger charge is -2.38. The topological polar surface area (TPSA) is 23.5 Å². The first-order valence-electron chi connectivity index (χ1n) is 6.94. The van der Waals surface area contributed by atoms with Crippen LogP contribution in [-0.4, -0.2) is 28.8 Å². The quantitative estimate of drug-likeness (QED) is 0.855. The van der Waals surface area contributed by atoms with Crippen LogP contribution in [-0.2, 0) is 6.18 Å². The molecule has 0 aliphatic carbocycles. The molecule has 3 atom stereocenters. The first kappa shape index (κ1) is 13.9. The highest BCUT2D eigenvalue weighted by molar-refractivity contribution is 5.31. The van der Waals surface area contributed by atoms with Gasteiger partial charge in [-0.25, -0.2) is 0 Å². The molecule has 2 saturated heterocycles. The maximum absolute atomic E-state index is 12.8. The van der Waals surface area contributed by atoms with Crippen LogP contribution in [0.4, 0.5) is 13.2 Å². The number of piperidine rings is 1. The van der Waals surface area contributed by atoms with Crippen molar-refractivity contribution in [1.82, 2.24) is 4.90 Å². The van der Waals surface area contributed by atoms with Crippen LogP contribution in [0.3, 0.4) is 0 Å². The van der Waals surface area contributed by atoms with E-state index in [4.69, 9.17) is 0 Å². The van der Waals surface area contributed by atoms with E-state index in [1.54, 1.807) is 6.07 Å². The van der Waals surface area contributed by atoms with Crippen LogP contribution >= 0.6 is 0 Å². The van der Waals surface area contributed by atoms with E-state index in [0.717, 1.165) is 18.9 Å². The third kappa shape index (κ3) is 2.13. The van der Waals surface area contributed by atoms with E-state index in [9.17, 15) is 18.3 Å². The van der Waals surface area contributed by atoms with E-state index < -0.39 is 17.5 Å². The van der Waals surface area contributed by atoms with Crippen LogP contribution in [0, 0.1) is 0 Å². The van der Waals surface area contributed by atoms with Gasteiger partial charge in [0.1, 0.15) is 5.72 Å². The average molecular weight is 285 g/mol. The van der Waals surface area contributed by atoms with Crippen molar-refractivity contribution in [3.05, 3.63) is 35.4 Å². The van der Waals surface area contributed by atoms with E-state index >= 15 is 0 Å². The van der Waals surface area contributed by atoms with E-state index in [1.165, 1.54) is 12.1 Å². The van der Waals surface area contributed by atoms with Gasteiger partial charge < -0.3 is 5.11 Å². The van der Waals surface area contributed by atoms with Crippen molar-refractivity contribution < 1.29 is 18.3 Å². The van der Waals surface area contributed by atoms with Gasteiger partial charge in [-0.2, -0.15) is 13.2 Å². The molecule has 0 spiro atoms. The number of halogens is 3. The van der Waals surface area contributed by atoms with Gasteiger partial charge in [0.25, 0.3) is 0 Å². The number of rotatable bonds is 1. The van der Waals surface area contributed by atoms with Crippen molar-refractivity contribution in [2.75, 3.05) is 7.05 Å². The number of alkyl halides is 3. The smallest absolute Gasteiger partial charge is 0.376 e. The summed E-state index contributed by atoms with van der Waals surface area (Å²) in [6.45, 7) is 0. The molecule has 2 aliphatic rings. The van der Waals surface area contributed by atoms with E-state index in [2.05, 4.69) is 0 Å². The van der Waals surface area contributed by atoms with E-state index in [-0.39, 0.29) is 12.0 Å². The van der Waals surface area contributed by atoms with Crippen molar-refractivity contribution >= 4 is 0 Å². The van der Waals surface area contributed by atoms with Crippen LogP contribution in [0.5, 0.6) is 0 Å². The highest BCUT2D eigenvalue weighted by Gasteiger charge is 2.51. The normalized spacial score (nSPS) is 34.5. The Morgan fingerprint density at radius 3 is 2.75 bits per heavy atom. The molecule has 2 fully saturated rings. The molecule has 0 aromatic heterocycles. The minimum Gasteiger partial charge on any atom is -0.376 e. The number of hydrogen-bond donors (Lipinski definition) is 1. The Kier molecular flexibility index (Phi) is 3.10. The van der Waals surface area contributed by atoms with Gasteiger partial charge in [0, 0.05) is 12.0 Å². The largest absolute Gasteiger partial charge is 0.416 e. The lowest BCUT2D eigenvalue weighted by molar-refractivity contribution is -0.137. The molecule has 1 aromatic carbocycles. The molecule has 2 nitrogen and oxygen atoms in total. The maximum atomic E-state index is 12.8. The SMILES string of the molecule is CN1[C@@H]2CCC[C@@]1(O)CC2c1cccc(C(F)(F)F)c1. The summed E-state index contributed by atoms with van der Waals surface area (Å²) in [5, 5.41) is 10.6. The van der Waals surface area contributed by atoms with Crippen molar-refractivity contribution in [2.45, 2.75) is 49.5 Å². The molecule has 2 bridgehead atoms. The summed E-state index contributed by atoms with van der Waals surface area (Å²) in [4.78, 5) is 1.95. The number of fused-ring (bicyclic) bond motifs is 2. The first-order chi connectivity index (χ1) is 9.31. The minimum atomic E-state index is -4.31. The third-order valence-corrected chi connectivity index (χ3v) is 4.88. The fraction of sp³-hybridized carbons (Fsp3) is 0.600. The predicted molar refractivity (Wildman–Crippen MR) is 69.2 cm³/mol. The maximum Gasteiger partial charge on any atom is 0.416 e. The number of benzene rings is 1. The van der Waals surface area contributed by atoms with Crippen LogP contribution < -0.4 is 0 Å². The Bertz CT molecular complexity index is 516. The Morgan fingerprint density at radius 1 is 1.35 bits per heavy atom. The summed E-state index contributed by atoms with van der Waals surface area (Å²) in [6, 6.07) is 5.69. The molecular weight excluding hydrogens is 267 g/mol. The van der Waals surface area contributed by atoms with Crippen LogP contribution in [0.2, 0.25) is 0 Å². The molecular formula is C15H18F3NO. The standard InChI is InChI=1S/C15H18F3NO/c1-19-13-6-3-7-14(19,20)9-12(13)10-4-2-5-11(8-10)15(16,17)18/h2,4-5,8,12-13,20H,3,6-7,9H2,1H3/t12?,13-,14-/m1/s1. The Hall–Kier alpha value is -1.07. The van der Waals surface area contributed by atoms with Gasteiger partial charge in [0.2, 0.25) is 0 Å². The fourth-order valence-corrected chi connectivity index (χ4v) is 3.76. The number of nitrogens with zero attached hydrogens (tertiary/aromatic N) is 1. The zero-order valence-electron chi connectivity index (χ0n) is 11.3. The highest BCUT2D eigenvalue weighted by Crippen LogP contribution is 2.49. The van der Waals surface area contributed by atoms with Crippen molar-refractivity contribution in [2.24, 2.45) is 0 Å². The predicted octanol–water partition coefficient (Wildman–Crippen LogP) is 3.37. The zero-order valence-corrected chi connectivity index (χ0v) is 11.3. The summed E-state index contributed by atoms with van der Waals surface area (Å²) in [5.74, 6) is -0.0187. The van der Waals surface area contributed by atoms with Gasteiger partial charge in [-0.1, -0.05) is 18.2 Å². The summed E-state index contributed by atoms with van der Waals surface area (Å²) in [6.07, 6.45) is -1.22. The summed E-state index contributed by atoms with van der Waals surface area (Å²) in [5.41, 5.74) is -0.762. The highest BCUT2D eigenvalue weighted by atomic mass is 19.4. The van der Waals surface area contributed by atoms with Gasteiger partial charge in [-0.05, 0) is 44.4 Å². The van der Waals surface area contributed by atoms with Crippen LogP contribution in [0.25, 0.3) is 0 Å². The van der Waals surface area contributed by atoms with Crippen molar-refractivity contribution in [3.8, 4) is 0 Å². The molecule has 20 heavy (non-hydrogen) atoms. The van der Waals surface area contributed by atoms with Crippen LogP contribution in [0.1, 0.15) is 42.7 Å². The Balaban J connectivity index is 1.94. The van der Waals surface area contributed by atoms with E-state index in [1.807, 2.05) is 11.9 Å². The molecule has 0 radical (unpaired) electrons. The second-order valence-electron chi connectivity index (χ2n) is 5.99. The fourth-order valence-electron chi connectivity index (χ4n) is 3.76. The molecule has 0 amide bonds. The molecule has 1 unspecified atom stereocenters. The molecule has 1 N–H and O–H groups in total. The molecule has 110 valence electrons. The lowest BCUT2D eigenvalue weighted by Crippen LogP contribution is -2.47. The van der Waals surface area contributed by atoms with Crippen molar-refractivity contribution in [3.63, 3.8) is 0 Å². The number of hydrogen-bond acceptors (Lipinski definition) is 2. The van der Waals surface area contributed by atoms with Gasteiger partial charge in [0.05, 0.1) is 5.56 Å². The second kappa shape index (κ2) is 4.46. The summed E-state index contributed by atoms with van der Waals surface area (Å²) >= 11 is 0. The molecule has 1 aromatic rings. The summed E-state index contributed by atoms with van der Waals surface area (Å²) in [7, 11) is 1.87. The number of aliphatic hydroxyl groups is 1. The minimum absolute atomic E-state index is 0.0187. The molecule has 3 rings (SSSR count). The van der Waals surface area contributed by atoms with Gasteiger partial charge >= 0.3 is 6.18 Å². The van der Waals surface area contributed by atoms with Gasteiger partial charge in [-0.15, -0.1) is 0 Å². The molecule has 2 heterocycles. The number of likely N-dealkylation sites (N-methyl/N-ethyl adjacent to an activating group) is 1. The molecule has 0 saturated carbocycles. The zero-order chi connectivity index (χ0) is 14.5. The Labute approximate surface area is 116 Å². The van der Waals surface area contributed by atoms with Crippen LogP contribution in [0.15, 0.2) is 24.3 Å². The van der Waals surface area contributed by atoms with Crippen molar-refractivity contribution in [1.29, 1.82) is 0 Å². The van der Waals surface area contributed by atoms with Gasteiger partial charge in [-0.3, -0.25) is 4.90 Å². The monoisotopic (exact) mass is 285 g/mol. The second-order valence-corrected chi connectivity index (χ2v) is 5.99.